The lowest BCUT2D eigenvalue weighted by Gasteiger charge is -2.11. The van der Waals surface area contributed by atoms with Crippen molar-refractivity contribution < 1.29 is 0 Å². The van der Waals surface area contributed by atoms with Crippen LogP contribution in [0.1, 0.15) is 24.5 Å². The highest BCUT2D eigenvalue weighted by molar-refractivity contribution is 5.90. The fourth-order valence-corrected chi connectivity index (χ4v) is 2.13. The van der Waals surface area contributed by atoms with Crippen LogP contribution in [0.25, 0.3) is 11.1 Å². The Bertz CT molecular complexity index is 533. The van der Waals surface area contributed by atoms with Crippen molar-refractivity contribution >= 4 is 11.1 Å². The number of allylic oxidation sites excluding steroid dienone is 3. The largest absolute Gasteiger partial charge is 0.103 e. The van der Waals surface area contributed by atoms with Gasteiger partial charge in [0.25, 0.3) is 0 Å². The second kappa shape index (κ2) is 6.02. The van der Waals surface area contributed by atoms with E-state index in [0.29, 0.717) is 0 Å². The maximum Gasteiger partial charge on any atom is -0.00913 e. The van der Waals surface area contributed by atoms with Crippen LogP contribution in [-0.4, -0.2) is 0 Å². The van der Waals surface area contributed by atoms with Crippen LogP contribution in [-0.2, 0) is 0 Å². The summed E-state index contributed by atoms with van der Waals surface area (Å²) in [4.78, 5) is 0. The molecule has 0 bridgehead atoms. The highest BCUT2D eigenvalue weighted by atomic mass is 14.1. The molecule has 0 heterocycles. The molecular weight excluding hydrogens is 216 g/mol. The molecule has 0 unspecified atom stereocenters. The monoisotopic (exact) mass is 234 g/mol. The van der Waals surface area contributed by atoms with Gasteiger partial charge >= 0.3 is 0 Å². The summed E-state index contributed by atoms with van der Waals surface area (Å²) in [6.45, 7) is 6.05. The Labute approximate surface area is 109 Å². The van der Waals surface area contributed by atoms with Gasteiger partial charge in [0.2, 0.25) is 0 Å². The van der Waals surface area contributed by atoms with Gasteiger partial charge in [-0.05, 0) is 35.6 Å². The molecular formula is C18H18. The molecule has 0 atom stereocenters. The number of benzene rings is 2. The van der Waals surface area contributed by atoms with Crippen LogP contribution in [0.4, 0.5) is 0 Å². The molecule has 0 fully saturated rings. The Balaban J connectivity index is 2.50. The zero-order valence-corrected chi connectivity index (χ0v) is 10.8. The van der Waals surface area contributed by atoms with Gasteiger partial charge in [-0.3, -0.25) is 0 Å². The molecule has 0 aliphatic rings. The van der Waals surface area contributed by atoms with Crippen LogP contribution < -0.4 is 0 Å². The molecule has 2 aromatic rings. The Hall–Kier alpha value is -2.08. The van der Waals surface area contributed by atoms with Crippen LogP contribution in [0.5, 0.6) is 0 Å². The fourth-order valence-electron chi connectivity index (χ4n) is 2.13. The molecule has 0 radical (unpaired) electrons. The Morgan fingerprint density at radius 2 is 1.39 bits per heavy atom. The SMILES string of the molecule is C=CCC(=C(C)c1ccccc1)c1ccccc1. The van der Waals surface area contributed by atoms with Crippen LogP contribution in [0, 0.1) is 0 Å². The van der Waals surface area contributed by atoms with E-state index in [9.17, 15) is 0 Å². The predicted octanol–water partition coefficient (Wildman–Crippen LogP) is 5.19. The molecule has 0 spiro atoms. The van der Waals surface area contributed by atoms with E-state index in [1.807, 2.05) is 18.2 Å². The molecule has 18 heavy (non-hydrogen) atoms. The van der Waals surface area contributed by atoms with E-state index >= 15 is 0 Å². The second-order valence-electron chi connectivity index (χ2n) is 4.33. The first-order chi connectivity index (χ1) is 8.83. The molecule has 0 nitrogen and oxygen atoms in total. The predicted molar refractivity (Wildman–Crippen MR) is 80.2 cm³/mol. The topological polar surface area (TPSA) is 0 Å². The third-order valence-corrected chi connectivity index (χ3v) is 3.13. The van der Waals surface area contributed by atoms with Crippen molar-refractivity contribution in [1.29, 1.82) is 0 Å². The average Bonchev–Trinajstić information content (AvgIpc) is 2.46. The molecule has 2 rings (SSSR count). The van der Waals surface area contributed by atoms with Crippen molar-refractivity contribution in [3.8, 4) is 0 Å². The van der Waals surface area contributed by atoms with Crippen molar-refractivity contribution in [1.82, 2.24) is 0 Å². The summed E-state index contributed by atoms with van der Waals surface area (Å²) in [6.07, 6.45) is 2.86. The molecule has 2 aromatic carbocycles. The third kappa shape index (κ3) is 2.78. The molecule has 0 amide bonds. The quantitative estimate of drug-likeness (QED) is 0.504. The van der Waals surface area contributed by atoms with E-state index < -0.39 is 0 Å². The van der Waals surface area contributed by atoms with Crippen molar-refractivity contribution in [2.75, 3.05) is 0 Å². The Kier molecular flexibility index (Phi) is 4.14. The van der Waals surface area contributed by atoms with E-state index in [1.165, 1.54) is 22.3 Å². The van der Waals surface area contributed by atoms with Gasteiger partial charge in [-0.25, -0.2) is 0 Å². The molecule has 0 N–H and O–H groups in total. The minimum atomic E-state index is 0.894. The van der Waals surface area contributed by atoms with E-state index in [-0.39, 0.29) is 0 Å². The van der Waals surface area contributed by atoms with Crippen molar-refractivity contribution in [2.24, 2.45) is 0 Å². The van der Waals surface area contributed by atoms with Gasteiger partial charge in [0, 0.05) is 0 Å². The van der Waals surface area contributed by atoms with E-state index in [2.05, 4.69) is 62.0 Å². The smallest absolute Gasteiger partial charge is 0.00913 e. The first kappa shape index (κ1) is 12.4. The molecule has 0 aliphatic heterocycles. The van der Waals surface area contributed by atoms with Gasteiger partial charge in [-0.15, -0.1) is 6.58 Å². The molecule has 0 aromatic heterocycles. The number of rotatable bonds is 4. The van der Waals surface area contributed by atoms with E-state index in [1.54, 1.807) is 0 Å². The van der Waals surface area contributed by atoms with E-state index in [4.69, 9.17) is 0 Å². The number of hydrogen-bond donors (Lipinski definition) is 0. The summed E-state index contributed by atoms with van der Waals surface area (Å²) in [5.74, 6) is 0. The Morgan fingerprint density at radius 3 is 1.89 bits per heavy atom. The average molecular weight is 234 g/mol. The molecule has 0 heteroatoms. The lowest BCUT2D eigenvalue weighted by atomic mass is 9.93. The summed E-state index contributed by atoms with van der Waals surface area (Å²) >= 11 is 0. The van der Waals surface area contributed by atoms with E-state index in [0.717, 1.165) is 6.42 Å². The molecule has 0 aliphatic carbocycles. The van der Waals surface area contributed by atoms with Crippen LogP contribution in [0.3, 0.4) is 0 Å². The lowest BCUT2D eigenvalue weighted by molar-refractivity contribution is 1.38. The Morgan fingerprint density at radius 1 is 0.889 bits per heavy atom. The zero-order chi connectivity index (χ0) is 12.8. The maximum absolute atomic E-state index is 3.87. The van der Waals surface area contributed by atoms with Crippen LogP contribution in [0.15, 0.2) is 73.3 Å². The minimum absolute atomic E-state index is 0.894. The first-order valence-corrected chi connectivity index (χ1v) is 6.24. The van der Waals surface area contributed by atoms with Gasteiger partial charge in [-0.2, -0.15) is 0 Å². The molecule has 90 valence electrons. The second-order valence-corrected chi connectivity index (χ2v) is 4.33. The normalized spacial score (nSPS) is 11.8. The fraction of sp³-hybridized carbons (Fsp3) is 0.111. The van der Waals surface area contributed by atoms with Crippen LogP contribution >= 0.6 is 0 Å². The van der Waals surface area contributed by atoms with Gasteiger partial charge in [0.1, 0.15) is 0 Å². The zero-order valence-electron chi connectivity index (χ0n) is 10.8. The number of hydrogen-bond acceptors (Lipinski definition) is 0. The van der Waals surface area contributed by atoms with Gasteiger partial charge in [-0.1, -0.05) is 66.7 Å². The maximum atomic E-state index is 3.87. The highest BCUT2D eigenvalue weighted by Crippen LogP contribution is 2.28. The summed E-state index contributed by atoms with van der Waals surface area (Å²) in [7, 11) is 0. The lowest BCUT2D eigenvalue weighted by Crippen LogP contribution is -1.89. The van der Waals surface area contributed by atoms with Gasteiger partial charge in [0.05, 0.1) is 0 Å². The third-order valence-electron chi connectivity index (χ3n) is 3.13. The van der Waals surface area contributed by atoms with Crippen molar-refractivity contribution in [3.63, 3.8) is 0 Å². The summed E-state index contributed by atoms with van der Waals surface area (Å²) in [6, 6.07) is 21.0. The van der Waals surface area contributed by atoms with Crippen LogP contribution in [0.2, 0.25) is 0 Å². The van der Waals surface area contributed by atoms with Gasteiger partial charge < -0.3 is 0 Å². The van der Waals surface area contributed by atoms with Crippen molar-refractivity contribution in [3.05, 3.63) is 84.4 Å². The highest BCUT2D eigenvalue weighted by Gasteiger charge is 2.05. The van der Waals surface area contributed by atoms with Gasteiger partial charge in [0.15, 0.2) is 0 Å². The summed E-state index contributed by atoms with van der Waals surface area (Å²) in [5.41, 5.74) is 5.22. The minimum Gasteiger partial charge on any atom is -0.103 e. The first-order valence-electron chi connectivity index (χ1n) is 6.24. The molecule has 0 saturated carbocycles. The van der Waals surface area contributed by atoms with Crippen molar-refractivity contribution in [2.45, 2.75) is 13.3 Å². The standard InChI is InChI=1S/C18H18/c1-3-10-18(17-13-8-5-9-14-17)15(2)16-11-6-4-7-12-16/h3-9,11-14H,1,10H2,2H3. The summed E-state index contributed by atoms with van der Waals surface area (Å²) < 4.78 is 0. The molecule has 0 saturated heterocycles. The summed E-state index contributed by atoms with van der Waals surface area (Å²) in [5, 5.41) is 0.